The van der Waals surface area contributed by atoms with Crippen molar-refractivity contribution in [2.24, 2.45) is 5.10 Å². The molecule has 0 amide bonds. The average molecular weight is 232 g/mol. The maximum Gasteiger partial charge on any atom is 0.141 e. The zero-order valence-corrected chi connectivity index (χ0v) is 9.57. The summed E-state index contributed by atoms with van der Waals surface area (Å²) in [6, 6.07) is 5.51. The van der Waals surface area contributed by atoms with Crippen molar-refractivity contribution in [1.82, 2.24) is 14.9 Å². The van der Waals surface area contributed by atoms with E-state index in [9.17, 15) is 0 Å². The highest BCUT2D eigenvalue weighted by atomic mass is 16.5. The minimum absolute atomic E-state index is 0.696. The second-order valence-electron chi connectivity index (χ2n) is 3.19. The van der Waals surface area contributed by atoms with Gasteiger partial charge in [0, 0.05) is 11.6 Å². The molecule has 0 aliphatic rings. The summed E-state index contributed by atoms with van der Waals surface area (Å²) >= 11 is 0. The Morgan fingerprint density at radius 1 is 1.18 bits per heavy atom. The third-order valence-corrected chi connectivity index (χ3v) is 2.18. The smallest absolute Gasteiger partial charge is 0.141 e. The Hall–Kier alpha value is -2.37. The predicted molar refractivity (Wildman–Crippen MR) is 62.6 cm³/mol. The molecule has 0 N–H and O–H groups in total. The van der Waals surface area contributed by atoms with Crippen LogP contribution in [0.25, 0.3) is 0 Å². The Bertz CT molecular complexity index is 508. The normalized spacial score (nSPS) is 10.7. The second kappa shape index (κ2) is 5.11. The molecule has 17 heavy (non-hydrogen) atoms. The number of hydrogen-bond donors (Lipinski definition) is 0. The van der Waals surface area contributed by atoms with Crippen LogP contribution in [0.1, 0.15) is 5.56 Å². The van der Waals surface area contributed by atoms with E-state index < -0.39 is 0 Å². The largest absolute Gasteiger partial charge is 0.497 e. The van der Waals surface area contributed by atoms with Crippen molar-refractivity contribution in [2.45, 2.75) is 0 Å². The summed E-state index contributed by atoms with van der Waals surface area (Å²) in [6.45, 7) is 0. The van der Waals surface area contributed by atoms with Crippen LogP contribution in [0, 0.1) is 0 Å². The van der Waals surface area contributed by atoms with Gasteiger partial charge in [0.2, 0.25) is 0 Å². The first-order valence-electron chi connectivity index (χ1n) is 4.94. The SMILES string of the molecule is COc1ccc(/C=N/n2cnnc2)c(OC)c1. The molecular weight excluding hydrogens is 220 g/mol. The fraction of sp³-hybridized carbons (Fsp3) is 0.182. The molecule has 0 radical (unpaired) electrons. The zero-order valence-electron chi connectivity index (χ0n) is 9.57. The van der Waals surface area contributed by atoms with Gasteiger partial charge < -0.3 is 9.47 Å². The minimum atomic E-state index is 0.696. The Labute approximate surface area is 98.5 Å². The van der Waals surface area contributed by atoms with E-state index in [-0.39, 0.29) is 0 Å². The van der Waals surface area contributed by atoms with Crippen LogP contribution in [0.4, 0.5) is 0 Å². The molecule has 88 valence electrons. The van der Waals surface area contributed by atoms with E-state index in [0.29, 0.717) is 5.75 Å². The number of methoxy groups -OCH3 is 2. The Balaban J connectivity index is 2.26. The Morgan fingerprint density at radius 3 is 2.59 bits per heavy atom. The lowest BCUT2D eigenvalue weighted by atomic mass is 10.2. The maximum atomic E-state index is 5.25. The van der Waals surface area contributed by atoms with Crippen LogP contribution in [0.3, 0.4) is 0 Å². The van der Waals surface area contributed by atoms with Crippen LogP contribution in [0.5, 0.6) is 11.5 Å². The summed E-state index contributed by atoms with van der Waals surface area (Å²) in [5.74, 6) is 1.43. The number of benzene rings is 1. The third kappa shape index (κ3) is 2.60. The highest BCUT2D eigenvalue weighted by Gasteiger charge is 2.02. The molecule has 0 bridgehead atoms. The van der Waals surface area contributed by atoms with Gasteiger partial charge in [-0.2, -0.15) is 5.10 Å². The van der Waals surface area contributed by atoms with Gasteiger partial charge in [-0.05, 0) is 12.1 Å². The van der Waals surface area contributed by atoms with Crippen LogP contribution in [0.2, 0.25) is 0 Å². The molecule has 6 nitrogen and oxygen atoms in total. The van der Waals surface area contributed by atoms with Crippen molar-refractivity contribution in [2.75, 3.05) is 14.2 Å². The van der Waals surface area contributed by atoms with Gasteiger partial charge >= 0.3 is 0 Å². The van der Waals surface area contributed by atoms with Crippen molar-refractivity contribution in [3.8, 4) is 11.5 Å². The molecule has 0 saturated heterocycles. The molecule has 1 aromatic heterocycles. The summed E-state index contributed by atoms with van der Waals surface area (Å²) in [6.07, 6.45) is 4.68. The predicted octanol–water partition coefficient (Wildman–Crippen LogP) is 1.18. The number of aromatic nitrogens is 3. The molecule has 0 atom stereocenters. The molecule has 1 aromatic carbocycles. The van der Waals surface area contributed by atoms with Crippen molar-refractivity contribution < 1.29 is 9.47 Å². The third-order valence-electron chi connectivity index (χ3n) is 2.18. The summed E-state index contributed by atoms with van der Waals surface area (Å²) in [4.78, 5) is 0. The fourth-order valence-electron chi connectivity index (χ4n) is 1.31. The first-order valence-corrected chi connectivity index (χ1v) is 4.94. The van der Waals surface area contributed by atoms with Gasteiger partial charge in [0.05, 0.1) is 20.4 Å². The molecule has 0 spiro atoms. The quantitative estimate of drug-likeness (QED) is 0.742. The molecule has 2 rings (SSSR count). The maximum absolute atomic E-state index is 5.25. The van der Waals surface area contributed by atoms with Crippen LogP contribution in [0.15, 0.2) is 36.0 Å². The van der Waals surface area contributed by atoms with Gasteiger partial charge in [-0.1, -0.05) is 0 Å². The number of hydrogen-bond acceptors (Lipinski definition) is 5. The van der Waals surface area contributed by atoms with Gasteiger partial charge in [0.1, 0.15) is 24.2 Å². The van der Waals surface area contributed by atoms with E-state index in [2.05, 4.69) is 15.3 Å². The molecule has 6 heteroatoms. The van der Waals surface area contributed by atoms with Crippen LogP contribution in [-0.2, 0) is 0 Å². The molecule has 0 aliphatic heterocycles. The van der Waals surface area contributed by atoms with E-state index in [1.807, 2.05) is 12.1 Å². The average Bonchev–Trinajstić information content (AvgIpc) is 2.89. The zero-order chi connectivity index (χ0) is 12.1. The summed E-state index contributed by atoms with van der Waals surface area (Å²) < 4.78 is 11.9. The molecule has 0 fully saturated rings. The molecule has 1 heterocycles. The lowest BCUT2D eigenvalue weighted by Gasteiger charge is -2.06. The van der Waals surface area contributed by atoms with Gasteiger partial charge in [-0.3, -0.25) is 0 Å². The number of rotatable bonds is 4. The summed E-state index contributed by atoms with van der Waals surface area (Å²) in [5.41, 5.74) is 0.849. The standard InChI is InChI=1S/C11H12N4O2/c1-16-10-4-3-9(11(5-10)17-2)6-14-15-7-12-13-8-15/h3-8H,1-2H3/b14-6+. The fourth-order valence-corrected chi connectivity index (χ4v) is 1.31. The van der Waals surface area contributed by atoms with Gasteiger partial charge in [-0.15, -0.1) is 10.2 Å². The van der Waals surface area contributed by atoms with E-state index >= 15 is 0 Å². The highest BCUT2D eigenvalue weighted by molar-refractivity contribution is 5.83. The van der Waals surface area contributed by atoms with Gasteiger partial charge in [0.25, 0.3) is 0 Å². The summed E-state index contributed by atoms with van der Waals surface area (Å²) in [5, 5.41) is 11.5. The molecule has 0 saturated carbocycles. The molecule has 0 unspecified atom stereocenters. The van der Waals surface area contributed by atoms with E-state index in [1.165, 1.54) is 17.3 Å². The lowest BCUT2D eigenvalue weighted by Crippen LogP contribution is -1.94. The van der Waals surface area contributed by atoms with E-state index in [4.69, 9.17) is 9.47 Å². The Morgan fingerprint density at radius 2 is 1.94 bits per heavy atom. The van der Waals surface area contributed by atoms with Crippen molar-refractivity contribution >= 4 is 6.21 Å². The van der Waals surface area contributed by atoms with Crippen LogP contribution in [-0.4, -0.2) is 35.3 Å². The molecular formula is C11H12N4O2. The first kappa shape index (κ1) is 11.1. The number of nitrogens with zero attached hydrogens (tertiary/aromatic N) is 4. The second-order valence-corrected chi connectivity index (χ2v) is 3.19. The minimum Gasteiger partial charge on any atom is -0.497 e. The van der Waals surface area contributed by atoms with Gasteiger partial charge in [-0.25, -0.2) is 4.68 Å². The highest BCUT2D eigenvalue weighted by Crippen LogP contribution is 2.23. The van der Waals surface area contributed by atoms with Crippen molar-refractivity contribution in [3.63, 3.8) is 0 Å². The monoisotopic (exact) mass is 232 g/mol. The summed E-state index contributed by atoms with van der Waals surface area (Å²) in [7, 11) is 3.21. The van der Waals surface area contributed by atoms with E-state index in [1.54, 1.807) is 26.5 Å². The lowest BCUT2D eigenvalue weighted by molar-refractivity contribution is 0.394. The van der Waals surface area contributed by atoms with Crippen LogP contribution < -0.4 is 9.47 Å². The van der Waals surface area contributed by atoms with Gasteiger partial charge in [0.15, 0.2) is 0 Å². The number of ether oxygens (including phenoxy) is 2. The van der Waals surface area contributed by atoms with Crippen molar-refractivity contribution in [1.29, 1.82) is 0 Å². The van der Waals surface area contributed by atoms with Crippen LogP contribution >= 0.6 is 0 Å². The topological polar surface area (TPSA) is 61.5 Å². The Kier molecular flexibility index (Phi) is 3.34. The van der Waals surface area contributed by atoms with Crippen molar-refractivity contribution in [3.05, 3.63) is 36.4 Å². The molecule has 2 aromatic rings. The molecule has 0 aliphatic carbocycles. The van der Waals surface area contributed by atoms with E-state index in [0.717, 1.165) is 11.3 Å². The first-order chi connectivity index (χ1) is 8.33.